The quantitative estimate of drug-likeness (QED) is 0.474. The molecule has 0 heterocycles. The van der Waals surface area contributed by atoms with Crippen molar-refractivity contribution in [3.05, 3.63) is 40.9 Å². The molecule has 0 aromatic heterocycles. The highest BCUT2D eigenvalue weighted by Crippen LogP contribution is 2.30. The number of ether oxygens (including phenoxy) is 1. The van der Waals surface area contributed by atoms with E-state index in [0.29, 0.717) is 0 Å². The van der Waals surface area contributed by atoms with Crippen LogP contribution in [0.15, 0.2) is 35.3 Å². The Morgan fingerprint density at radius 1 is 1.25 bits per heavy atom. The smallest absolute Gasteiger partial charge is 0.416 e. The van der Waals surface area contributed by atoms with Crippen molar-refractivity contribution in [2.75, 3.05) is 0 Å². The fourth-order valence-electron chi connectivity index (χ4n) is 0.874. The summed E-state index contributed by atoms with van der Waals surface area (Å²) >= 11 is 2.79. The van der Waals surface area contributed by atoms with Gasteiger partial charge in [-0.05, 0) is 40.2 Å². The summed E-state index contributed by atoms with van der Waals surface area (Å²) in [6.07, 6.45) is -4.40. The summed E-state index contributed by atoms with van der Waals surface area (Å²) in [6.45, 7) is 3.27. The van der Waals surface area contributed by atoms with Gasteiger partial charge in [-0.2, -0.15) is 13.2 Å². The van der Waals surface area contributed by atoms with Gasteiger partial charge in [0.2, 0.25) is 0 Å². The normalized spacial score (nSPS) is 11.0. The van der Waals surface area contributed by atoms with Crippen molar-refractivity contribution < 1.29 is 22.7 Å². The summed E-state index contributed by atoms with van der Waals surface area (Å²) < 4.78 is 41.2. The van der Waals surface area contributed by atoms with Gasteiger partial charge in [0.15, 0.2) is 0 Å². The topological polar surface area (TPSA) is 26.3 Å². The molecule has 1 aromatic rings. The van der Waals surface area contributed by atoms with Gasteiger partial charge in [0.25, 0.3) is 0 Å². The van der Waals surface area contributed by atoms with E-state index in [9.17, 15) is 18.0 Å². The van der Waals surface area contributed by atoms with Gasteiger partial charge in [0.1, 0.15) is 5.75 Å². The number of carbonyl (C=O) groups excluding carboxylic acids is 1. The summed E-state index contributed by atoms with van der Waals surface area (Å²) in [4.78, 5) is 11.0. The number of hydrogen-bond acceptors (Lipinski definition) is 2. The lowest BCUT2D eigenvalue weighted by Gasteiger charge is -2.07. The number of benzene rings is 1. The summed E-state index contributed by atoms with van der Waals surface area (Å²) in [5.41, 5.74) is -0.801. The predicted octanol–water partition coefficient (Wildman–Crippen LogP) is 3.52. The van der Waals surface area contributed by atoms with Gasteiger partial charge in [-0.1, -0.05) is 6.58 Å². The molecule has 0 fully saturated rings. The van der Waals surface area contributed by atoms with Gasteiger partial charge in [0.05, 0.1) is 10.0 Å². The first-order valence-electron chi connectivity index (χ1n) is 4.04. The van der Waals surface area contributed by atoms with Gasteiger partial charge in [-0.3, -0.25) is 0 Å². The first-order valence-corrected chi connectivity index (χ1v) is 4.84. The average molecular weight is 295 g/mol. The van der Waals surface area contributed by atoms with E-state index in [1.54, 1.807) is 0 Å². The number of carbonyl (C=O) groups is 1. The SMILES string of the molecule is C=C(Br)C(=O)Oc1ccc(C(F)(F)F)cc1. The maximum atomic E-state index is 12.2. The molecule has 0 saturated carbocycles. The molecular weight excluding hydrogens is 289 g/mol. The van der Waals surface area contributed by atoms with Crippen LogP contribution in [-0.2, 0) is 11.0 Å². The molecule has 86 valence electrons. The maximum absolute atomic E-state index is 12.2. The third-order valence-corrected chi connectivity index (χ3v) is 1.94. The van der Waals surface area contributed by atoms with Crippen molar-refractivity contribution in [2.24, 2.45) is 0 Å². The van der Waals surface area contributed by atoms with Gasteiger partial charge in [-0.25, -0.2) is 4.79 Å². The highest BCUT2D eigenvalue weighted by molar-refractivity contribution is 9.12. The summed E-state index contributed by atoms with van der Waals surface area (Å²) in [5.74, 6) is -0.724. The fraction of sp³-hybridized carbons (Fsp3) is 0.100. The van der Waals surface area contributed by atoms with Crippen molar-refractivity contribution >= 4 is 21.9 Å². The second kappa shape index (κ2) is 4.69. The van der Waals surface area contributed by atoms with E-state index in [2.05, 4.69) is 22.5 Å². The predicted molar refractivity (Wildman–Crippen MR) is 55.1 cm³/mol. The largest absolute Gasteiger partial charge is 0.423 e. The Kier molecular flexibility index (Phi) is 3.74. The van der Waals surface area contributed by atoms with E-state index in [1.807, 2.05) is 0 Å². The molecule has 0 saturated heterocycles. The van der Waals surface area contributed by atoms with Crippen molar-refractivity contribution in [3.8, 4) is 5.75 Å². The second-order valence-corrected chi connectivity index (χ2v) is 3.77. The van der Waals surface area contributed by atoms with Crippen molar-refractivity contribution in [3.63, 3.8) is 0 Å². The van der Waals surface area contributed by atoms with E-state index in [1.165, 1.54) is 0 Å². The van der Waals surface area contributed by atoms with Gasteiger partial charge < -0.3 is 4.74 Å². The zero-order valence-corrected chi connectivity index (χ0v) is 9.43. The maximum Gasteiger partial charge on any atom is 0.416 e. The van der Waals surface area contributed by atoms with Crippen LogP contribution in [0.4, 0.5) is 13.2 Å². The molecular formula is C10H6BrF3O2. The number of rotatable bonds is 2. The monoisotopic (exact) mass is 294 g/mol. The molecule has 0 aliphatic carbocycles. The summed E-state index contributed by atoms with van der Waals surface area (Å²) in [6, 6.07) is 3.80. The Labute approximate surface area is 97.8 Å². The zero-order valence-electron chi connectivity index (χ0n) is 7.84. The van der Waals surface area contributed by atoms with Gasteiger partial charge >= 0.3 is 12.1 Å². The van der Waals surface area contributed by atoms with Crippen LogP contribution in [0.2, 0.25) is 0 Å². The number of alkyl halides is 3. The van der Waals surface area contributed by atoms with Crippen molar-refractivity contribution in [1.82, 2.24) is 0 Å². The van der Waals surface area contributed by atoms with Crippen molar-refractivity contribution in [1.29, 1.82) is 0 Å². The minimum Gasteiger partial charge on any atom is -0.423 e. The third-order valence-electron chi connectivity index (χ3n) is 1.61. The van der Waals surface area contributed by atoms with E-state index < -0.39 is 17.7 Å². The van der Waals surface area contributed by atoms with Crippen molar-refractivity contribution in [2.45, 2.75) is 6.18 Å². The molecule has 0 radical (unpaired) electrons. The first-order chi connectivity index (χ1) is 7.30. The van der Waals surface area contributed by atoms with E-state index in [0.717, 1.165) is 24.3 Å². The van der Waals surface area contributed by atoms with Crippen LogP contribution >= 0.6 is 15.9 Å². The van der Waals surface area contributed by atoms with Crippen LogP contribution in [0.3, 0.4) is 0 Å². The second-order valence-electron chi connectivity index (χ2n) is 2.82. The Bertz CT molecular complexity index is 409. The van der Waals surface area contributed by atoms with Crippen LogP contribution in [0.5, 0.6) is 5.75 Å². The Morgan fingerprint density at radius 2 is 1.75 bits per heavy atom. The Balaban J connectivity index is 2.80. The van der Waals surface area contributed by atoms with Crippen LogP contribution in [0.25, 0.3) is 0 Å². The van der Waals surface area contributed by atoms with E-state index in [4.69, 9.17) is 4.74 Å². The molecule has 0 spiro atoms. The number of esters is 1. The molecule has 2 nitrogen and oxygen atoms in total. The van der Waals surface area contributed by atoms with E-state index >= 15 is 0 Å². The van der Waals surface area contributed by atoms with Crippen LogP contribution in [0.1, 0.15) is 5.56 Å². The fourth-order valence-corrected chi connectivity index (χ4v) is 0.955. The van der Waals surface area contributed by atoms with E-state index in [-0.39, 0.29) is 10.2 Å². The highest BCUT2D eigenvalue weighted by Gasteiger charge is 2.30. The van der Waals surface area contributed by atoms with Crippen LogP contribution in [0, 0.1) is 0 Å². The molecule has 16 heavy (non-hydrogen) atoms. The minimum absolute atomic E-state index is 0.00704. The average Bonchev–Trinajstić information content (AvgIpc) is 2.17. The molecule has 0 aliphatic heterocycles. The molecule has 0 atom stereocenters. The molecule has 1 rings (SSSR count). The number of hydrogen-bond donors (Lipinski definition) is 0. The Hall–Kier alpha value is -1.30. The first kappa shape index (κ1) is 12.8. The standard InChI is InChI=1S/C10H6BrF3O2/c1-6(11)9(15)16-8-4-2-7(3-5-8)10(12,13)14/h2-5H,1H2. The zero-order chi connectivity index (χ0) is 12.3. The lowest BCUT2D eigenvalue weighted by Crippen LogP contribution is -2.08. The highest BCUT2D eigenvalue weighted by atomic mass is 79.9. The molecule has 6 heteroatoms. The minimum atomic E-state index is -4.40. The summed E-state index contributed by atoms with van der Waals surface area (Å²) in [5, 5.41) is 0. The third kappa shape index (κ3) is 3.37. The van der Waals surface area contributed by atoms with Crippen LogP contribution < -0.4 is 4.74 Å². The lowest BCUT2D eigenvalue weighted by atomic mass is 10.2. The Morgan fingerprint density at radius 3 is 2.12 bits per heavy atom. The molecule has 0 amide bonds. The molecule has 1 aromatic carbocycles. The lowest BCUT2D eigenvalue weighted by molar-refractivity contribution is -0.137. The summed E-state index contributed by atoms with van der Waals surface area (Å²) in [7, 11) is 0. The molecule has 0 bridgehead atoms. The van der Waals surface area contributed by atoms with Gasteiger partial charge in [0, 0.05) is 0 Å². The molecule has 0 aliphatic rings. The van der Waals surface area contributed by atoms with Gasteiger partial charge in [-0.15, -0.1) is 0 Å². The molecule has 0 unspecified atom stereocenters. The van der Waals surface area contributed by atoms with Crippen LogP contribution in [-0.4, -0.2) is 5.97 Å². The number of halogens is 4. The molecule has 0 N–H and O–H groups in total.